The fourth-order valence-electron chi connectivity index (χ4n) is 2.97. The van der Waals surface area contributed by atoms with E-state index in [-0.39, 0.29) is 5.43 Å². The molecule has 0 spiro atoms. The fourth-order valence-corrected chi connectivity index (χ4v) is 2.97. The summed E-state index contributed by atoms with van der Waals surface area (Å²) in [6, 6.07) is 22.2. The first-order chi connectivity index (χ1) is 10.7. The van der Waals surface area contributed by atoms with E-state index in [1.165, 1.54) is 10.8 Å². The second kappa shape index (κ2) is 4.85. The average molecular weight is 285 g/mol. The maximum Gasteiger partial charge on any atom is 0.192 e. The summed E-state index contributed by atoms with van der Waals surface area (Å²) < 4.78 is 0. The average Bonchev–Trinajstić information content (AvgIpc) is 2.58. The van der Waals surface area contributed by atoms with Crippen LogP contribution in [0.3, 0.4) is 0 Å². The zero-order valence-electron chi connectivity index (χ0n) is 12.3. The molecule has 0 aliphatic rings. The monoisotopic (exact) mass is 285 g/mol. The zero-order valence-corrected chi connectivity index (χ0v) is 12.3. The quantitative estimate of drug-likeness (QED) is 0.542. The standard InChI is InChI=1S/C20H15NO/c1-13-19(21-18-9-5-4-8-17(18)20(13)22)16-11-10-14-6-2-3-7-15(14)12-16/h2-12H,1H3,(H,21,22). The Morgan fingerprint density at radius 3 is 2.41 bits per heavy atom. The SMILES string of the molecule is Cc1c(-c2ccc3ccccc3c2)[nH]c2ccccc2c1=O. The van der Waals surface area contributed by atoms with Gasteiger partial charge in [0.05, 0.1) is 5.69 Å². The number of aromatic amines is 1. The highest BCUT2D eigenvalue weighted by Gasteiger charge is 2.10. The molecule has 0 bridgehead atoms. The van der Waals surface area contributed by atoms with Gasteiger partial charge in [-0.1, -0.05) is 48.5 Å². The molecule has 0 aliphatic carbocycles. The summed E-state index contributed by atoms with van der Waals surface area (Å²) in [6.45, 7) is 1.88. The summed E-state index contributed by atoms with van der Waals surface area (Å²) in [4.78, 5) is 16.0. The van der Waals surface area contributed by atoms with Crippen LogP contribution in [0.4, 0.5) is 0 Å². The van der Waals surface area contributed by atoms with Crippen molar-refractivity contribution in [3.05, 3.63) is 82.5 Å². The highest BCUT2D eigenvalue weighted by molar-refractivity contribution is 5.89. The number of hydrogen-bond donors (Lipinski definition) is 1. The molecule has 0 unspecified atom stereocenters. The molecular formula is C20H15NO. The molecule has 2 nitrogen and oxygen atoms in total. The topological polar surface area (TPSA) is 32.9 Å². The minimum atomic E-state index is 0.0949. The van der Waals surface area contributed by atoms with Gasteiger partial charge in [-0.25, -0.2) is 0 Å². The van der Waals surface area contributed by atoms with Gasteiger partial charge in [-0.2, -0.15) is 0 Å². The van der Waals surface area contributed by atoms with E-state index in [2.05, 4.69) is 35.3 Å². The number of rotatable bonds is 1. The number of fused-ring (bicyclic) bond motifs is 2. The van der Waals surface area contributed by atoms with Crippen molar-refractivity contribution in [2.45, 2.75) is 6.92 Å². The number of benzene rings is 3. The molecule has 0 fully saturated rings. The van der Waals surface area contributed by atoms with Crippen molar-refractivity contribution < 1.29 is 0 Å². The van der Waals surface area contributed by atoms with E-state index in [9.17, 15) is 4.79 Å². The largest absolute Gasteiger partial charge is 0.354 e. The molecule has 0 radical (unpaired) electrons. The summed E-state index contributed by atoms with van der Waals surface area (Å²) in [5, 5.41) is 3.12. The van der Waals surface area contributed by atoms with E-state index in [1.54, 1.807) is 0 Å². The van der Waals surface area contributed by atoms with Crippen molar-refractivity contribution in [2.75, 3.05) is 0 Å². The van der Waals surface area contributed by atoms with Gasteiger partial charge in [-0.15, -0.1) is 0 Å². The van der Waals surface area contributed by atoms with Gasteiger partial charge in [0.1, 0.15) is 0 Å². The lowest BCUT2D eigenvalue weighted by atomic mass is 10.0. The van der Waals surface area contributed by atoms with Crippen LogP contribution in [0, 0.1) is 6.92 Å². The van der Waals surface area contributed by atoms with Gasteiger partial charge in [-0.3, -0.25) is 4.79 Å². The zero-order chi connectivity index (χ0) is 15.1. The summed E-state index contributed by atoms with van der Waals surface area (Å²) in [7, 11) is 0. The minimum Gasteiger partial charge on any atom is -0.354 e. The molecule has 22 heavy (non-hydrogen) atoms. The third-order valence-corrected chi connectivity index (χ3v) is 4.19. The van der Waals surface area contributed by atoms with Gasteiger partial charge in [0.25, 0.3) is 0 Å². The van der Waals surface area contributed by atoms with Gasteiger partial charge in [0.15, 0.2) is 5.43 Å². The summed E-state index contributed by atoms with van der Waals surface area (Å²) >= 11 is 0. The molecule has 4 rings (SSSR count). The van der Waals surface area contributed by atoms with E-state index >= 15 is 0 Å². The summed E-state index contributed by atoms with van der Waals surface area (Å²) in [5.41, 5.74) is 3.67. The first-order valence-corrected chi connectivity index (χ1v) is 7.35. The Bertz CT molecular complexity index is 1060. The Hall–Kier alpha value is -2.87. The normalized spacial score (nSPS) is 11.1. The predicted molar refractivity (Wildman–Crippen MR) is 92.2 cm³/mol. The molecule has 0 amide bonds. The van der Waals surface area contributed by atoms with Crippen molar-refractivity contribution in [1.29, 1.82) is 0 Å². The lowest BCUT2D eigenvalue weighted by Gasteiger charge is -2.09. The van der Waals surface area contributed by atoms with Crippen LogP contribution in [0.15, 0.2) is 71.5 Å². The van der Waals surface area contributed by atoms with Gasteiger partial charge < -0.3 is 4.98 Å². The Balaban J connectivity index is 2.03. The molecule has 106 valence electrons. The second-order valence-corrected chi connectivity index (χ2v) is 5.56. The molecule has 1 aromatic heterocycles. The highest BCUT2D eigenvalue weighted by Crippen LogP contribution is 2.25. The van der Waals surface area contributed by atoms with Crippen LogP contribution in [0.5, 0.6) is 0 Å². The second-order valence-electron chi connectivity index (χ2n) is 5.56. The molecule has 0 aliphatic heterocycles. The van der Waals surface area contributed by atoms with E-state index in [4.69, 9.17) is 0 Å². The van der Waals surface area contributed by atoms with E-state index in [0.29, 0.717) is 0 Å². The Morgan fingerprint density at radius 1 is 0.818 bits per heavy atom. The first kappa shape index (κ1) is 12.8. The van der Waals surface area contributed by atoms with Gasteiger partial charge in [-0.05, 0) is 41.5 Å². The highest BCUT2D eigenvalue weighted by atomic mass is 16.1. The number of nitrogens with one attached hydrogen (secondary N) is 1. The molecule has 0 saturated heterocycles. The van der Waals surface area contributed by atoms with Crippen molar-refractivity contribution in [1.82, 2.24) is 4.98 Å². The van der Waals surface area contributed by atoms with Crippen molar-refractivity contribution in [2.24, 2.45) is 0 Å². The third-order valence-electron chi connectivity index (χ3n) is 4.19. The molecule has 3 aromatic carbocycles. The van der Waals surface area contributed by atoms with Gasteiger partial charge in [0, 0.05) is 16.5 Å². The van der Waals surface area contributed by atoms with Crippen LogP contribution in [0.25, 0.3) is 32.9 Å². The molecule has 4 aromatic rings. The maximum absolute atomic E-state index is 12.6. The number of pyridine rings is 1. The lowest BCUT2D eigenvalue weighted by Crippen LogP contribution is -2.09. The summed E-state index contributed by atoms with van der Waals surface area (Å²) in [6.07, 6.45) is 0. The van der Waals surface area contributed by atoms with Crippen LogP contribution >= 0.6 is 0 Å². The Labute approximate surface area is 128 Å². The number of para-hydroxylation sites is 1. The number of aromatic nitrogens is 1. The van der Waals surface area contributed by atoms with Crippen molar-refractivity contribution in [3.63, 3.8) is 0 Å². The third kappa shape index (κ3) is 1.92. The fraction of sp³-hybridized carbons (Fsp3) is 0.0500. The van der Waals surface area contributed by atoms with Crippen LogP contribution in [0.2, 0.25) is 0 Å². The first-order valence-electron chi connectivity index (χ1n) is 7.35. The Kier molecular flexibility index (Phi) is 2.83. The van der Waals surface area contributed by atoms with Crippen LogP contribution < -0.4 is 5.43 Å². The predicted octanol–water partition coefficient (Wildman–Crippen LogP) is 4.66. The van der Waals surface area contributed by atoms with E-state index in [0.717, 1.165) is 27.7 Å². The molecule has 1 heterocycles. The van der Waals surface area contributed by atoms with Crippen molar-refractivity contribution >= 4 is 21.7 Å². The Morgan fingerprint density at radius 2 is 1.55 bits per heavy atom. The van der Waals surface area contributed by atoms with Crippen LogP contribution in [0.1, 0.15) is 5.56 Å². The van der Waals surface area contributed by atoms with Crippen molar-refractivity contribution in [3.8, 4) is 11.3 Å². The van der Waals surface area contributed by atoms with Crippen LogP contribution in [-0.4, -0.2) is 4.98 Å². The number of H-pyrrole nitrogens is 1. The van der Waals surface area contributed by atoms with Crippen LogP contribution in [-0.2, 0) is 0 Å². The minimum absolute atomic E-state index is 0.0949. The van der Waals surface area contributed by atoms with E-state index in [1.807, 2.05) is 43.3 Å². The van der Waals surface area contributed by atoms with E-state index < -0.39 is 0 Å². The smallest absolute Gasteiger partial charge is 0.192 e. The molecule has 0 saturated carbocycles. The van der Waals surface area contributed by atoms with Gasteiger partial charge in [0.2, 0.25) is 0 Å². The lowest BCUT2D eigenvalue weighted by molar-refractivity contribution is 1.30. The maximum atomic E-state index is 12.6. The number of hydrogen-bond acceptors (Lipinski definition) is 1. The molecule has 1 N–H and O–H groups in total. The summed E-state index contributed by atoms with van der Waals surface area (Å²) in [5.74, 6) is 0. The van der Waals surface area contributed by atoms with Gasteiger partial charge >= 0.3 is 0 Å². The molecule has 0 atom stereocenters. The molecular weight excluding hydrogens is 270 g/mol. The molecule has 2 heteroatoms.